The van der Waals surface area contributed by atoms with E-state index < -0.39 is 0 Å². The number of fused-ring (bicyclic) bond motifs is 1. The molecule has 2 aromatic carbocycles. The van der Waals surface area contributed by atoms with Crippen LogP contribution in [0, 0.1) is 0 Å². The summed E-state index contributed by atoms with van der Waals surface area (Å²) in [6, 6.07) is 22.4. The smallest absolute Gasteiger partial charge is 0.257 e. The molecule has 1 fully saturated rings. The first kappa shape index (κ1) is 22.3. The molecule has 0 radical (unpaired) electrons. The number of benzene rings is 2. The van der Waals surface area contributed by atoms with Gasteiger partial charge in [-0.3, -0.25) is 14.5 Å². The number of hydrogen-bond donors (Lipinski definition) is 0. The van der Waals surface area contributed by atoms with Gasteiger partial charge in [0.1, 0.15) is 23.1 Å². The monoisotopic (exact) mass is 482 g/mol. The summed E-state index contributed by atoms with van der Waals surface area (Å²) >= 11 is 0. The van der Waals surface area contributed by atoms with Gasteiger partial charge in [-0.05, 0) is 36.4 Å². The Labute approximate surface area is 208 Å². The van der Waals surface area contributed by atoms with E-state index in [1.54, 1.807) is 6.26 Å². The summed E-state index contributed by atoms with van der Waals surface area (Å²) in [4.78, 5) is 30.1. The third kappa shape index (κ3) is 4.31. The van der Waals surface area contributed by atoms with Crippen LogP contribution in [0.25, 0.3) is 11.0 Å². The third-order valence-electron chi connectivity index (χ3n) is 6.79. The molecule has 0 unspecified atom stereocenters. The highest BCUT2D eigenvalue weighted by molar-refractivity contribution is 6.03. The van der Waals surface area contributed by atoms with Crippen LogP contribution in [-0.4, -0.2) is 65.1 Å². The van der Waals surface area contributed by atoms with Gasteiger partial charge < -0.3 is 13.7 Å². The van der Waals surface area contributed by atoms with E-state index >= 15 is 0 Å². The van der Waals surface area contributed by atoms with Crippen molar-refractivity contribution in [2.75, 3.05) is 32.7 Å². The van der Waals surface area contributed by atoms with Crippen molar-refractivity contribution in [3.63, 3.8) is 0 Å². The minimum Gasteiger partial charge on any atom is -0.467 e. The molecule has 4 aromatic rings. The lowest BCUT2D eigenvalue weighted by atomic mass is 10.1. The second-order valence-electron chi connectivity index (χ2n) is 9.10. The quantitative estimate of drug-likeness (QED) is 0.427. The number of nitrogens with zero attached hydrogens (tertiary/aromatic N) is 4. The summed E-state index contributed by atoms with van der Waals surface area (Å²) < 4.78 is 11.7. The maximum atomic E-state index is 13.4. The summed E-state index contributed by atoms with van der Waals surface area (Å²) in [5, 5.41) is 7.22. The summed E-state index contributed by atoms with van der Waals surface area (Å²) in [6.45, 7) is 2.64. The van der Waals surface area contributed by atoms with E-state index in [9.17, 15) is 9.59 Å². The molecule has 0 aliphatic carbocycles. The molecule has 2 aromatic heterocycles. The zero-order valence-corrected chi connectivity index (χ0v) is 19.7. The fourth-order valence-electron chi connectivity index (χ4n) is 4.85. The van der Waals surface area contributed by atoms with Crippen LogP contribution in [-0.2, 0) is 4.79 Å². The molecule has 0 saturated carbocycles. The number of rotatable bonds is 5. The van der Waals surface area contributed by atoms with Crippen LogP contribution in [0.3, 0.4) is 0 Å². The van der Waals surface area contributed by atoms with Crippen molar-refractivity contribution in [1.29, 1.82) is 0 Å². The molecule has 6 rings (SSSR count). The third-order valence-corrected chi connectivity index (χ3v) is 6.79. The number of amides is 2. The van der Waals surface area contributed by atoms with Crippen LogP contribution in [0.4, 0.5) is 0 Å². The minimum absolute atomic E-state index is 0.0269. The van der Waals surface area contributed by atoms with Crippen molar-refractivity contribution in [2.45, 2.75) is 12.5 Å². The Morgan fingerprint density at radius 3 is 2.44 bits per heavy atom. The van der Waals surface area contributed by atoms with Gasteiger partial charge in [0.25, 0.3) is 11.8 Å². The Morgan fingerprint density at radius 1 is 0.917 bits per heavy atom. The van der Waals surface area contributed by atoms with E-state index in [4.69, 9.17) is 13.9 Å². The maximum Gasteiger partial charge on any atom is 0.257 e. The Morgan fingerprint density at radius 2 is 1.69 bits per heavy atom. The first-order valence-corrected chi connectivity index (χ1v) is 12.1. The predicted octanol–water partition coefficient (Wildman–Crippen LogP) is 4.16. The van der Waals surface area contributed by atoms with Crippen LogP contribution in [0.2, 0.25) is 0 Å². The molecule has 0 N–H and O–H groups in total. The van der Waals surface area contributed by atoms with E-state index in [0.29, 0.717) is 49.7 Å². The van der Waals surface area contributed by atoms with Gasteiger partial charge in [0.05, 0.1) is 12.8 Å². The predicted molar refractivity (Wildman–Crippen MR) is 134 cm³/mol. The number of para-hydroxylation sites is 1. The summed E-state index contributed by atoms with van der Waals surface area (Å²) in [5.74, 6) is 1.28. The molecule has 1 atom stereocenters. The lowest BCUT2D eigenvalue weighted by Crippen LogP contribution is -2.51. The molecule has 1 saturated heterocycles. The summed E-state index contributed by atoms with van der Waals surface area (Å²) in [6.07, 6.45) is 2.12. The Balaban J connectivity index is 1.15. The van der Waals surface area contributed by atoms with Crippen LogP contribution in [0.5, 0.6) is 0 Å². The second kappa shape index (κ2) is 9.47. The van der Waals surface area contributed by atoms with Crippen molar-refractivity contribution in [3.8, 4) is 0 Å². The summed E-state index contributed by atoms with van der Waals surface area (Å²) in [5.41, 5.74) is 2.20. The number of carbonyl (C=O) groups excluding carboxylic acids is 2. The van der Waals surface area contributed by atoms with Gasteiger partial charge in [-0.25, -0.2) is 5.01 Å². The maximum absolute atomic E-state index is 13.4. The number of hydrogen-bond acceptors (Lipinski definition) is 6. The number of piperazine rings is 1. The normalized spacial score (nSPS) is 18.6. The average Bonchev–Trinajstić information content (AvgIpc) is 3.68. The minimum atomic E-state index is -0.323. The molecule has 0 bridgehead atoms. The molecule has 8 heteroatoms. The van der Waals surface area contributed by atoms with Crippen LogP contribution in [0.1, 0.15) is 34.3 Å². The van der Waals surface area contributed by atoms with E-state index in [1.165, 1.54) is 5.01 Å². The SMILES string of the molecule is O=C(c1ccccc1)N1CCN(CC(=O)N2N=C(c3cc4ccccc4o3)C[C@H]2c2ccco2)CC1. The lowest BCUT2D eigenvalue weighted by Gasteiger charge is -2.35. The second-order valence-corrected chi connectivity index (χ2v) is 9.10. The van der Waals surface area contributed by atoms with E-state index in [1.807, 2.05) is 77.7 Å². The van der Waals surface area contributed by atoms with E-state index in [0.717, 1.165) is 16.7 Å². The molecule has 2 aliphatic heterocycles. The number of hydrazone groups is 1. The van der Waals surface area contributed by atoms with Crippen molar-refractivity contribution in [1.82, 2.24) is 14.8 Å². The van der Waals surface area contributed by atoms with E-state index in [-0.39, 0.29) is 24.4 Å². The Kier molecular flexibility index (Phi) is 5.87. The van der Waals surface area contributed by atoms with Crippen molar-refractivity contribution in [3.05, 3.63) is 96.1 Å². The van der Waals surface area contributed by atoms with Gasteiger partial charge in [0.15, 0.2) is 5.76 Å². The topological polar surface area (TPSA) is 82.5 Å². The Bertz CT molecular complexity index is 1370. The molecule has 182 valence electrons. The molecule has 36 heavy (non-hydrogen) atoms. The fourth-order valence-corrected chi connectivity index (χ4v) is 4.85. The molecule has 8 nitrogen and oxygen atoms in total. The van der Waals surface area contributed by atoms with Gasteiger partial charge in [-0.2, -0.15) is 5.10 Å². The van der Waals surface area contributed by atoms with Crippen LogP contribution >= 0.6 is 0 Å². The highest BCUT2D eigenvalue weighted by Gasteiger charge is 2.37. The standard InChI is InChI=1S/C28H26N4O4/c33-27(19-30-12-14-31(15-13-30)28(34)20-7-2-1-3-8-20)32-23(25-11-6-16-35-25)18-22(29-32)26-17-21-9-4-5-10-24(21)36-26/h1-11,16-17,23H,12-15,18-19H2/t23-/m0/s1. The molecule has 4 heterocycles. The zero-order chi connectivity index (χ0) is 24.5. The van der Waals surface area contributed by atoms with Crippen molar-refractivity contribution in [2.24, 2.45) is 5.10 Å². The highest BCUT2D eigenvalue weighted by Crippen LogP contribution is 2.34. The number of furan rings is 2. The van der Waals surface area contributed by atoms with Crippen molar-refractivity contribution < 1.29 is 18.4 Å². The van der Waals surface area contributed by atoms with E-state index in [2.05, 4.69) is 4.90 Å². The lowest BCUT2D eigenvalue weighted by molar-refractivity contribution is -0.134. The van der Waals surface area contributed by atoms with Crippen LogP contribution < -0.4 is 0 Å². The molecular formula is C28H26N4O4. The Hall–Kier alpha value is -4.17. The fraction of sp³-hybridized carbons (Fsp3) is 0.250. The van der Waals surface area contributed by atoms with Gasteiger partial charge in [0.2, 0.25) is 0 Å². The molecular weight excluding hydrogens is 456 g/mol. The zero-order valence-electron chi connectivity index (χ0n) is 19.7. The van der Waals surface area contributed by atoms with Gasteiger partial charge in [0, 0.05) is 43.5 Å². The molecule has 2 amide bonds. The first-order valence-electron chi connectivity index (χ1n) is 12.1. The highest BCUT2D eigenvalue weighted by atomic mass is 16.3. The van der Waals surface area contributed by atoms with Gasteiger partial charge >= 0.3 is 0 Å². The van der Waals surface area contributed by atoms with Crippen molar-refractivity contribution >= 4 is 28.5 Å². The molecule has 0 spiro atoms. The molecule has 2 aliphatic rings. The largest absolute Gasteiger partial charge is 0.467 e. The number of carbonyl (C=O) groups is 2. The average molecular weight is 483 g/mol. The van der Waals surface area contributed by atoms with Gasteiger partial charge in [-0.15, -0.1) is 0 Å². The summed E-state index contributed by atoms with van der Waals surface area (Å²) in [7, 11) is 0. The first-order chi connectivity index (χ1) is 17.7. The van der Waals surface area contributed by atoms with Crippen LogP contribution in [0.15, 0.2) is 93.0 Å². The van der Waals surface area contributed by atoms with Gasteiger partial charge in [-0.1, -0.05) is 36.4 Å².